The number of hydrogen-bond donors (Lipinski definition) is 1. The lowest BCUT2D eigenvalue weighted by molar-refractivity contribution is 0.0284. The highest BCUT2D eigenvalue weighted by atomic mass is 35.5. The Labute approximate surface area is 255 Å². The van der Waals surface area contributed by atoms with Gasteiger partial charge in [0.25, 0.3) is 5.91 Å². The molecular formula is C33H33ClN4O5. The summed E-state index contributed by atoms with van der Waals surface area (Å²) in [6.07, 6.45) is 3.51. The summed E-state index contributed by atoms with van der Waals surface area (Å²) >= 11 is 6.87. The smallest absolute Gasteiger partial charge is 0.410 e. The number of carbonyl (C=O) groups excluding carboxylic acids is 3. The number of nitrogens with one attached hydrogen (secondary N) is 1. The Kier molecular flexibility index (Phi) is 9.46. The monoisotopic (exact) mass is 600 g/mol. The summed E-state index contributed by atoms with van der Waals surface area (Å²) in [4.78, 5) is 46.9. The first-order valence-corrected chi connectivity index (χ1v) is 13.9. The van der Waals surface area contributed by atoms with Crippen LogP contribution in [0.15, 0.2) is 67.0 Å². The van der Waals surface area contributed by atoms with Gasteiger partial charge in [-0.25, -0.2) is 4.79 Å². The summed E-state index contributed by atoms with van der Waals surface area (Å²) in [6, 6.07) is 15.9. The third-order valence-electron chi connectivity index (χ3n) is 6.58. The molecule has 2 aromatic carbocycles. The van der Waals surface area contributed by atoms with Gasteiger partial charge >= 0.3 is 6.09 Å². The summed E-state index contributed by atoms with van der Waals surface area (Å²) < 4.78 is 10.7. The van der Waals surface area contributed by atoms with E-state index in [2.05, 4.69) is 15.3 Å². The zero-order valence-corrected chi connectivity index (χ0v) is 25.7. The van der Waals surface area contributed by atoms with Crippen molar-refractivity contribution in [1.82, 2.24) is 14.9 Å². The van der Waals surface area contributed by atoms with Crippen LogP contribution < -0.4 is 10.1 Å². The number of amides is 2. The van der Waals surface area contributed by atoms with E-state index in [9.17, 15) is 14.4 Å². The Morgan fingerprint density at radius 2 is 1.81 bits per heavy atom. The quantitative estimate of drug-likeness (QED) is 0.213. The SMILES string of the molecule is COc1cc(-c2nccc(-c3cccc(NC(=O)c4ccc(CN(C)C(=O)OC(C)(C)C)cn4)c3C)c2Cl)ccc1C=O. The molecule has 0 aliphatic carbocycles. The van der Waals surface area contributed by atoms with Crippen LogP contribution >= 0.6 is 11.6 Å². The highest BCUT2D eigenvalue weighted by molar-refractivity contribution is 6.35. The molecule has 1 N–H and O–H groups in total. The van der Waals surface area contributed by atoms with Gasteiger partial charge in [0.1, 0.15) is 17.0 Å². The largest absolute Gasteiger partial charge is 0.496 e. The Morgan fingerprint density at radius 1 is 1.05 bits per heavy atom. The molecule has 2 aromatic heterocycles. The highest BCUT2D eigenvalue weighted by Crippen LogP contribution is 2.39. The van der Waals surface area contributed by atoms with E-state index in [1.165, 1.54) is 12.0 Å². The zero-order valence-electron chi connectivity index (χ0n) is 24.9. The lowest BCUT2D eigenvalue weighted by Crippen LogP contribution is -2.33. The number of carbonyl (C=O) groups is 3. The summed E-state index contributed by atoms with van der Waals surface area (Å²) in [7, 11) is 3.14. The van der Waals surface area contributed by atoms with Gasteiger partial charge < -0.3 is 19.7 Å². The van der Waals surface area contributed by atoms with Crippen LogP contribution in [0.4, 0.5) is 10.5 Å². The third kappa shape index (κ3) is 7.37. The van der Waals surface area contributed by atoms with Crippen LogP contribution in [0.25, 0.3) is 22.4 Å². The first-order valence-electron chi connectivity index (χ1n) is 13.5. The van der Waals surface area contributed by atoms with Gasteiger partial charge in [0.2, 0.25) is 0 Å². The number of nitrogens with zero attached hydrogens (tertiary/aromatic N) is 3. The number of ether oxygens (including phenoxy) is 2. The van der Waals surface area contributed by atoms with Crippen LogP contribution in [0.5, 0.6) is 5.75 Å². The molecule has 0 unspecified atom stereocenters. The second kappa shape index (κ2) is 13.0. The summed E-state index contributed by atoms with van der Waals surface area (Å²) in [5.41, 5.74) is 5.00. The minimum Gasteiger partial charge on any atom is -0.496 e. The van der Waals surface area contributed by atoms with E-state index in [4.69, 9.17) is 21.1 Å². The van der Waals surface area contributed by atoms with Crippen molar-refractivity contribution in [1.29, 1.82) is 0 Å². The van der Waals surface area contributed by atoms with Gasteiger partial charge in [-0.2, -0.15) is 0 Å². The van der Waals surface area contributed by atoms with Gasteiger partial charge in [-0.15, -0.1) is 0 Å². The maximum Gasteiger partial charge on any atom is 0.410 e. The van der Waals surface area contributed by atoms with E-state index in [0.29, 0.717) is 33.3 Å². The third-order valence-corrected chi connectivity index (χ3v) is 6.96. The predicted molar refractivity (Wildman–Crippen MR) is 167 cm³/mol. The number of pyridine rings is 2. The maximum atomic E-state index is 13.1. The normalized spacial score (nSPS) is 11.0. The van der Waals surface area contributed by atoms with E-state index in [1.807, 2.05) is 45.9 Å². The molecule has 2 heterocycles. The highest BCUT2D eigenvalue weighted by Gasteiger charge is 2.20. The molecule has 0 aliphatic rings. The maximum absolute atomic E-state index is 13.1. The number of benzene rings is 2. The molecule has 222 valence electrons. The van der Waals surface area contributed by atoms with Crippen molar-refractivity contribution in [2.45, 2.75) is 39.8 Å². The number of hydrogen-bond acceptors (Lipinski definition) is 7. The van der Waals surface area contributed by atoms with Crippen LogP contribution in [0.3, 0.4) is 0 Å². The fourth-order valence-electron chi connectivity index (χ4n) is 4.39. The molecule has 0 atom stereocenters. The molecular weight excluding hydrogens is 568 g/mol. The molecule has 0 saturated carbocycles. The van der Waals surface area contributed by atoms with Gasteiger partial charge in [0.15, 0.2) is 6.29 Å². The van der Waals surface area contributed by atoms with E-state index < -0.39 is 11.7 Å². The number of halogens is 1. The minimum absolute atomic E-state index is 0.227. The van der Waals surface area contributed by atoms with Gasteiger partial charge in [0, 0.05) is 36.3 Å². The Morgan fingerprint density at radius 3 is 2.47 bits per heavy atom. The lowest BCUT2D eigenvalue weighted by atomic mass is 9.97. The molecule has 0 saturated heterocycles. The van der Waals surface area contributed by atoms with Crippen molar-refractivity contribution in [3.8, 4) is 28.1 Å². The Hall–Kier alpha value is -4.76. The number of aldehydes is 1. The van der Waals surface area contributed by atoms with Gasteiger partial charge in [-0.3, -0.25) is 19.6 Å². The van der Waals surface area contributed by atoms with Crippen LogP contribution in [-0.4, -0.2) is 52.9 Å². The molecule has 0 radical (unpaired) electrons. The topological polar surface area (TPSA) is 111 Å². The molecule has 10 heteroatoms. The van der Waals surface area contributed by atoms with Crippen molar-refractivity contribution < 1.29 is 23.9 Å². The van der Waals surface area contributed by atoms with E-state index in [1.54, 1.807) is 55.8 Å². The first kappa shape index (κ1) is 31.2. The lowest BCUT2D eigenvalue weighted by Gasteiger charge is -2.24. The Bertz CT molecular complexity index is 1670. The second-order valence-corrected chi connectivity index (χ2v) is 11.3. The molecule has 9 nitrogen and oxygen atoms in total. The van der Waals surface area contributed by atoms with Crippen molar-refractivity contribution >= 4 is 35.6 Å². The molecule has 43 heavy (non-hydrogen) atoms. The Balaban J connectivity index is 1.53. The number of rotatable bonds is 8. The summed E-state index contributed by atoms with van der Waals surface area (Å²) in [5.74, 6) is 0.0459. The van der Waals surface area contributed by atoms with Crippen molar-refractivity contribution in [2.24, 2.45) is 0 Å². The van der Waals surface area contributed by atoms with Gasteiger partial charge in [0.05, 0.1) is 29.9 Å². The van der Waals surface area contributed by atoms with E-state index in [-0.39, 0.29) is 18.1 Å². The van der Waals surface area contributed by atoms with Crippen molar-refractivity contribution in [2.75, 3.05) is 19.5 Å². The molecule has 2 amide bonds. The standard InChI is InChI=1S/C33H33ClN4O5/c1-20-24(25-14-15-35-30(29(25)34)22-11-12-23(19-39)28(16-22)42-6)8-7-9-26(20)37-31(40)27-13-10-21(17-36-27)18-38(5)32(41)43-33(2,3)4/h7-17,19H,18H2,1-6H3,(H,37,40). The van der Waals surface area contributed by atoms with Crippen molar-refractivity contribution in [3.63, 3.8) is 0 Å². The first-order chi connectivity index (χ1) is 20.4. The average molecular weight is 601 g/mol. The van der Waals surface area contributed by atoms with E-state index in [0.717, 1.165) is 28.5 Å². The fourth-order valence-corrected chi connectivity index (χ4v) is 4.71. The average Bonchev–Trinajstić information content (AvgIpc) is 2.97. The zero-order chi connectivity index (χ0) is 31.3. The second-order valence-electron chi connectivity index (χ2n) is 10.9. The number of aromatic nitrogens is 2. The van der Waals surface area contributed by atoms with Gasteiger partial charge in [-0.1, -0.05) is 35.9 Å². The van der Waals surface area contributed by atoms with Crippen LogP contribution in [0, 0.1) is 6.92 Å². The van der Waals surface area contributed by atoms with E-state index >= 15 is 0 Å². The van der Waals surface area contributed by atoms with Crippen LogP contribution in [0.1, 0.15) is 52.7 Å². The van der Waals surface area contributed by atoms with Crippen LogP contribution in [-0.2, 0) is 11.3 Å². The molecule has 0 spiro atoms. The molecule has 0 aliphatic heterocycles. The predicted octanol–water partition coefficient (Wildman–Crippen LogP) is 7.21. The van der Waals surface area contributed by atoms with Gasteiger partial charge in [-0.05, 0) is 74.7 Å². The van der Waals surface area contributed by atoms with Crippen LogP contribution in [0.2, 0.25) is 5.02 Å². The molecule has 4 rings (SSSR count). The molecule has 0 fully saturated rings. The minimum atomic E-state index is -0.593. The summed E-state index contributed by atoms with van der Waals surface area (Å²) in [5, 5.41) is 3.36. The molecule has 4 aromatic rings. The fraction of sp³-hybridized carbons (Fsp3) is 0.242. The van der Waals surface area contributed by atoms with Crippen molar-refractivity contribution in [3.05, 3.63) is 94.4 Å². The summed E-state index contributed by atoms with van der Waals surface area (Å²) in [6.45, 7) is 7.60. The number of methoxy groups -OCH3 is 1. The number of anilines is 1. The molecule has 0 bridgehead atoms.